The molecule has 0 bridgehead atoms. The Hall–Kier alpha value is -2.93. The summed E-state index contributed by atoms with van der Waals surface area (Å²) in [4.78, 5) is 30.8. The number of fused-ring (bicyclic) bond motifs is 3. The molecule has 2 aromatic rings. The molecule has 1 aromatic carbocycles. The number of hydrogen-bond acceptors (Lipinski definition) is 4. The third-order valence-corrected chi connectivity index (χ3v) is 4.54. The number of hydrogen-bond donors (Lipinski definition) is 2. The van der Waals surface area contributed by atoms with Crippen molar-refractivity contribution in [3.8, 4) is 0 Å². The van der Waals surface area contributed by atoms with Crippen LogP contribution in [0.4, 0.5) is 16.3 Å². The van der Waals surface area contributed by atoms with E-state index in [1.54, 1.807) is 47.5 Å². The van der Waals surface area contributed by atoms with Gasteiger partial charge >= 0.3 is 6.03 Å². The summed E-state index contributed by atoms with van der Waals surface area (Å²) in [7, 11) is 0. The number of anilines is 2. The second kappa shape index (κ2) is 6.18. The molecule has 2 N–H and O–H groups in total. The lowest BCUT2D eigenvalue weighted by Gasteiger charge is -2.21. The molecule has 1 aromatic heterocycles. The van der Waals surface area contributed by atoms with Crippen molar-refractivity contribution in [3.05, 3.63) is 53.7 Å². The summed E-state index contributed by atoms with van der Waals surface area (Å²) < 4.78 is 5.84. The summed E-state index contributed by atoms with van der Waals surface area (Å²) in [5, 5.41) is 5.48. The van der Waals surface area contributed by atoms with Crippen molar-refractivity contribution >= 4 is 23.4 Å². The molecule has 7 nitrogen and oxygen atoms in total. The Labute approximate surface area is 145 Å². The standard InChI is InChI=1S/C18H18N4O3/c1-2-11-10-25-17-15-12(16(23)22(11)17)6-5-7-13(15)20-18(24)21-14-8-3-4-9-19-14/h3-9,11,17H,2,10H2,1H3,(H2,19,20,21,24)/t11-,17?/m0/s1. The zero-order chi connectivity index (χ0) is 17.4. The number of ether oxygens (including phenoxy) is 1. The average Bonchev–Trinajstić information content (AvgIpc) is 3.16. The highest BCUT2D eigenvalue weighted by molar-refractivity contribution is 6.04. The minimum atomic E-state index is -0.432. The van der Waals surface area contributed by atoms with E-state index >= 15 is 0 Å². The summed E-state index contributed by atoms with van der Waals surface area (Å²) in [6.45, 7) is 2.55. The second-order valence-corrected chi connectivity index (χ2v) is 6.02. The first-order chi connectivity index (χ1) is 12.2. The number of pyridine rings is 1. The molecule has 7 heteroatoms. The molecule has 0 saturated carbocycles. The highest BCUT2D eigenvalue weighted by Gasteiger charge is 2.46. The summed E-state index contributed by atoms with van der Waals surface area (Å²) >= 11 is 0. The SMILES string of the molecule is CC[C@H]1COC2c3c(NC(=O)Nc4ccccn4)cccc3C(=O)N21. The summed E-state index contributed by atoms with van der Waals surface area (Å²) in [6, 6.07) is 10.2. The third kappa shape index (κ3) is 2.62. The molecule has 4 rings (SSSR count). The van der Waals surface area contributed by atoms with Gasteiger partial charge in [0.25, 0.3) is 5.91 Å². The Bertz CT molecular complexity index is 824. The van der Waals surface area contributed by atoms with Gasteiger partial charge in [0.15, 0.2) is 6.23 Å². The van der Waals surface area contributed by atoms with Crippen LogP contribution in [0.5, 0.6) is 0 Å². The van der Waals surface area contributed by atoms with E-state index in [1.807, 2.05) is 6.92 Å². The molecule has 0 aliphatic carbocycles. The van der Waals surface area contributed by atoms with Gasteiger partial charge in [-0.25, -0.2) is 9.78 Å². The van der Waals surface area contributed by atoms with E-state index < -0.39 is 12.3 Å². The molecule has 1 saturated heterocycles. The Morgan fingerprint density at radius 3 is 2.92 bits per heavy atom. The molecule has 128 valence electrons. The van der Waals surface area contributed by atoms with E-state index in [1.165, 1.54) is 0 Å². The number of urea groups is 1. The predicted octanol–water partition coefficient (Wildman–Crippen LogP) is 2.99. The Morgan fingerprint density at radius 2 is 2.16 bits per heavy atom. The lowest BCUT2D eigenvalue weighted by molar-refractivity contribution is 0.0355. The minimum Gasteiger partial charge on any atom is -0.352 e. The zero-order valence-corrected chi connectivity index (χ0v) is 13.7. The summed E-state index contributed by atoms with van der Waals surface area (Å²) in [6.07, 6.45) is 2.00. The maximum atomic E-state index is 12.7. The molecule has 2 aliphatic rings. The average molecular weight is 338 g/mol. The van der Waals surface area contributed by atoms with Gasteiger partial charge < -0.3 is 15.0 Å². The van der Waals surface area contributed by atoms with E-state index in [-0.39, 0.29) is 11.9 Å². The Morgan fingerprint density at radius 1 is 1.28 bits per heavy atom. The van der Waals surface area contributed by atoms with Gasteiger partial charge in [-0.1, -0.05) is 19.1 Å². The van der Waals surface area contributed by atoms with Crippen molar-refractivity contribution in [1.82, 2.24) is 9.88 Å². The first kappa shape index (κ1) is 15.6. The molecule has 25 heavy (non-hydrogen) atoms. The first-order valence-corrected chi connectivity index (χ1v) is 8.25. The largest absolute Gasteiger partial charge is 0.352 e. The number of rotatable bonds is 3. The summed E-state index contributed by atoms with van der Waals surface area (Å²) in [5.74, 6) is 0.409. The van der Waals surface area contributed by atoms with E-state index in [2.05, 4.69) is 15.6 Å². The highest BCUT2D eigenvalue weighted by atomic mass is 16.5. The van der Waals surface area contributed by atoms with Gasteiger partial charge in [0.1, 0.15) is 5.82 Å². The van der Waals surface area contributed by atoms with E-state index in [0.29, 0.717) is 23.7 Å². The van der Waals surface area contributed by atoms with Crippen molar-refractivity contribution in [2.24, 2.45) is 0 Å². The second-order valence-electron chi connectivity index (χ2n) is 6.02. The molecular formula is C18H18N4O3. The number of nitrogens with zero attached hydrogens (tertiary/aromatic N) is 2. The van der Waals surface area contributed by atoms with Gasteiger partial charge in [-0.15, -0.1) is 0 Å². The molecule has 2 atom stereocenters. The van der Waals surface area contributed by atoms with Crippen LogP contribution >= 0.6 is 0 Å². The lowest BCUT2D eigenvalue weighted by atomic mass is 10.1. The molecule has 3 amide bonds. The fourth-order valence-corrected chi connectivity index (χ4v) is 3.34. The summed E-state index contributed by atoms with van der Waals surface area (Å²) in [5.41, 5.74) is 1.88. The first-order valence-electron chi connectivity index (χ1n) is 8.25. The molecular weight excluding hydrogens is 320 g/mol. The molecule has 1 fully saturated rings. The molecule has 1 unspecified atom stereocenters. The maximum absolute atomic E-state index is 12.7. The molecule has 3 heterocycles. The van der Waals surface area contributed by atoms with Gasteiger partial charge in [0, 0.05) is 17.3 Å². The normalized spacial score (nSPS) is 21.0. The van der Waals surface area contributed by atoms with E-state index in [9.17, 15) is 9.59 Å². The predicted molar refractivity (Wildman–Crippen MR) is 92.3 cm³/mol. The van der Waals surface area contributed by atoms with Gasteiger partial charge in [-0.05, 0) is 30.7 Å². The number of aromatic nitrogens is 1. The van der Waals surface area contributed by atoms with Gasteiger partial charge in [0.2, 0.25) is 0 Å². The molecule has 0 radical (unpaired) electrons. The Balaban J connectivity index is 1.59. The fourth-order valence-electron chi connectivity index (χ4n) is 3.34. The smallest absolute Gasteiger partial charge is 0.324 e. The van der Waals surface area contributed by atoms with Gasteiger partial charge in [-0.3, -0.25) is 10.1 Å². The monoisotopic (exact) mass is 338 g/mol. The minimum absolute atomic E-state index is 0.0434. The fraction of sp³-hybridized carbons (Fsp3) is 0.278. The van der Waals surface area contributed by atoms with Crippen molar-refractivity contribution in [3.63, 3.8) is 0 Å². The number of carbonyl (C=O) groups is 2. The van der Waals surface area contributed by atoms with Gasteiger partial charge in [-0.2, -0.15) is 0 Å². The quantitative estimate of drug-likeness (QED) is 0.901. The van der Waals surface area contributed by atoms with Crippen molar-refractivity contribution in [2.45, 2.75) is 25.6 Å². The lowest BCUT2D eigenvalue weighted by Crippen LogP contribution is -2.33. The highest BCUT2D eigenvalue weighted by Crippen LogP contribution is 2.44. The topological polar surface area (TPSA) is 83.6 Å². The van der Waals surface area contributed by atoms with Crippen LogP contribution in [0.2, 0.25) is 0 Å². The van der Waals surface area contributed by atoms with E-state index in [4.69, 9.17) is 4.74 Å². The van der Waals surface area contributed by atoms with Crippen molar-refractivity contribution < 1.29 is 14.3 Å². The van der Waals surface area contributed by atoms with Crippen LogP contribution in [0.3, 0.4) is 0 Å². The number of carbonyl (C=O) groups excluding carboxylic acids is 2. The number of nitrogens with one attached hydrogen (secondary N) is 2. The third-order valence-electron chi connectivity index (χ3n) is 4.54. The molecule has 0 spiro atoms. The van der Waals surface area contributed by atoms with Crippen LogP contribution in [-0.4, -0.2) is 34.5 Å². The van der Waals surface area contributed by atoms with Crippen LogP contribution < -0.4 is 10.6 Å². The van der Waals surface area contributed by atoms with Crippen LogP contribution in [0.25, 0.3) is 0 Å². The van der Waals surface area contributed by atoms with Crippen LogP contribution in [0.1, 0.15) is 35.5 Å². The van der Waals surface area contributed by atoms with Crippen LogP contribution in [0.15, 0.2) is 42.6 Å². The maximum Gasteiger partial charge on any atom is 0.324 e. The Kier molecular flexibility index (Phi) is 3.85. The zero-order valence-electron chi connectivity index (χ0n) is 13.7. The molecule has 2 aliphatic heterocycles. The van der Waals surface area contributed by atoms with E-state index in [0.717, 1.165) is 12.0 Å². The van der Waals surface area contributed by atoms with Gasteiger partial charge in [0.05, 0.1) is 18.3 Å². The van der Waals surface area contributed by atoms with Crippen molar-refractivity contribution in [1.29, 1.82) is 0 Å². The van der Waals surface area contributed by atoms with Crippen LogP contribution in [-0.2, 0) is 4.74 Å². The number of benzene rings is 1. The van der Waals surface area contributed by atoms with Crippen molar-refractivity contribution in [2.75, 3.05) is 17.2 Å². The number of amides is 3. The van der Waals surface area contributed by atoms with Crippen LogP contribution in [0, 0.1) is 0 Å².